The van der Waals surface area contributed by atoms with Gasteiger partial charge in [-0.3, -0.25) is 9.59 Å². The summed E-state index contributed by atoms with van der Waals surface area (Å²) in [7, 11) is 0. The van der Waals surface area contributed by atoms with E-state index in [-0.39, 0.29) is 42.5 Å². The van der Waals surface area contributed by atoms with Gasteiger partial charge in [-0.2, -0.15) is 0 Å². The van der Waals surface area contributed by atoms with E-state index in [1.165, 1.54) is 6.42 Å². The molecule has 0 radical (unpaired) electrons. The summed E-state index contributed by atoms with van der Waals surface area (Å²) in [5.41, 5.74) is 1.77. The first-order valence-electron chi connectivity index (χ1n) is 12.4. The van der Waals surface area contributed by atoms with E-state index in [1.807, 2.05) is 23.1 Å². The average Bonchev–Trinajstić information content (AvgIpc) is 3.22. The summed E-state index contributed by atoms with van der Waals surface area (Å²) in [5, 5.41) is 13.0. The van der Waals surface area contributed by atoms with Crippen LogP contribution in [0.1, 0.15) is 56.4 Å². The molecule has 4 aliphatic rings. The number of benzene rings is 1. The molecule has 2 amide bonds. The second-order valence-corrected chi connectivity index (χ2v) is 9.68. The van der Waals surface area contributed by atoms with Crippen molar-refractivity contribution in [2.45, 2.75) is 69.2 Å². The van der Waals surface area contributed by atoms with Gasteiger partial charge in [0.05, 0.1) is 19.1 Å². The highest BCUT2D eigenvalue weighted by Gasteiger charge is 2.46. The quantitative estimate of drug-likeness (QED) is 0.704. The summed E-state index contributed by atoms with van der Waals surface area (Å²) in [6.07, 6.45) is 4.76. The van der Waals surface area contributed by atoms with Gasteiger partial charge in [0.15, 0.2) is 0 Å². The summed E-state index contributed by atoms with van der Waals surface area (Å²) in [6, 6.07) is 5.73. The van der Waals surface area contributed by atoms with E-state index in [0.717, 1.165) is 55.8 Å². The highest BCUT2D eigenvalue weighted by atomic mass is 16.6. The molecule has 180 valence electrons. The van der Waals surface area contributed by atoms with Gasteiger partial charge < -0.3 is 29.5 Å². The molecule has 0 bridgehead atoms. The zero-order chi connectivity index (χ0) is 22.8. The highest BCUT2D eigenvalue weighted by Crippen LogP contribution is 2.47. The molecule has 4 heterocycles. The van der Waals surface area contributed by atoms with Crippen LogP contribution in [0.5, 0.6) is 5.75 Å². The number of anilines is 1. The summed E-state index contributed by atoms with van der Waals surface area (Å²) in [6.45, 7) is 2.74. The van der Waals surface area contributed by atoms with Crippen molar-refractivity contribution in [3.05, 3.63) is 23.8 Å². The van der Waals surface area contributed by atoms with Gasteiger partial charge in [-0.05, 0) is 56.7 Å². The third-order valence-electron chi connectivity index (χ3n) is 7.47. The Hall–Kier alpha value is -2.16. The van der Waals surface area contributed by atoms with E-state index in [4.69, 9.17) is 14.2 Å². The van der Waals surface area contributed by atoms with E-state index < -0.39 is 6.10 Å². The molecule has 8 nitrogen and oxygen atoms in total. The summed E-state index contributed by atoms with van der Waals surface area (Å²) in [5.74, 6) is 0.914. The lowest BCUT2D eigenvalue weighted by atomic mass is 9.84. The van der Waals surface area contributed by atoms with Gasteiger partial charge in [-0.1, -0.05) is 0 Å². The van der Waals surface area contributed by atoms with Gasteiger partial charge in [-0.25, -0.2) is 0 Å². The van der Waals surface area contributed by atoms with E-state index in [1.54, 1.807) is 0 Å². The zero-order valence-electron chi connectivity index (χ0n) is 19.0. The Labute approximate surface area is 194 Å². The standard InChI is InChI=1S/C25H34N2O6/c28-15-22-24-20(13-18(32-22)14-23(29)27-8-2-1-3-9-27)19-12-17(4-5-21(19)33-24)26-25(30)16-6-10-31-11-7-16/h4-5,12,16,18,20,22,24,28H,1-3,6-11,13-15H2,(H,26,30)/t18-,20+,22+,24-/m0/s1. The van der Waals surface area contributed by atoms with Crippen molar-refractivity contribution in [2.75, 3.05) is 38.2 Å². The van der Waals surface area contributed by atoms with Crippen LogP contribution in [0.3, 0.4) is 0 Å². The number of aliphatic hydroxyl groups is 1. The van der Waals surface area contributed by atoms with Gasteiger partial charge in [0, 0.05) is 49.4 Å². The normalized spacial score (nSPS) is 29.7. The maximum absolute atomic E-state index is 12.8. The summed E-state index contributed by atoms with van der Waals surface area (Å²) < 4.78 is 17.6. The molecular weight excluding hydrogens is 424 g/mol. The fourth-order valence-electron chi connectivity index (χ4n) is 5.64. The maximum atomic E-state index is 12.8. The smallest absolute Gasteiger partial charge is 0.227 e. The molecule has 0 saturated carbocycles. The Morgan fingerprint density at radius 3 is 2.67 bits per heavy atom. The Morgan fingerprint density at radius 2 is 1.91 bits per heavy atom. The first kappa shape index (κ1) is 22.6. The molecule has 8 heteroatoms. The van der Waals surface area contributed by atoms with Gasteiger partial charge in [-0.15, -0.1) is 0 Å². The molecule has 0 aromatic heterocycles. The first-order chi connectivity index (χ1) is 16.1. The van der Waals surface area contributed by atoms with Gasteiger partial charge in [0.2, 0.25) is 11.8 Å². The van der Waals surface area contributed by atoms with Crippen LogP contribution in [0.25, 0.3) is 0 Å². The van der Waals surface area contributed by atoms with E-state index in [0.29, 0.717) is 26.1 Å². The molecule has 0 spiro atoms. The molecule has 33 heavy (non-hydrogen) atoms. The van der Waals surface area contributed by atoms with Gasteiger partial charge in [0.25, 0.3) is 0 Å². The number of likely N-dealkylation sites (tertiary alicyclic amines) is 1. The van der Waals surface area contributed by atoms with Crippen molar-refractivity contribution in [1.82, 2.24) is 4.90 Å². The van der Waals surface area contributed by atoms with Crippen LogP contribution in [-0.2, 0) is 19.1 Å². The zero-order valence-corrected chi connectivity index (χ0v) is 19.0. The minimum atomic E-state index is -0.476. The molecule has 2 N–H and O–H groups in total. The lowest BCUT2D eigenvalue weighted by molar-refractivity contribution is -0.149. The predicted octanol–water partition coefficient (Wildman–Crippen LogP) is 2.45. The Morgan fingerprint density at radius 1 is 1.12 bits per heavy atom. The van der Waals surface area contributed by atoms with Crippen molar-refractivity contribution in [2.24, 2.45) is 5.92 Å². The van der Waals surface area contributed by atoms with Crippen molar-refractivity contribution < 1.29 is 28.9 Å². The topological polar surface area (TPSA) is 97.3 Å². The van der Waals surface area contributed by atoms with Gasteiger partial charge >= 0.3 is 0 Å². The predicted molar refractivity (Wildman–Crippen MR) is 121 cm³/mol. The van der Waals surface area contributed by atoms with Crippen molar-refractivity contribution >= 4 is 17.5 Å². The molecule has 4 aliphatic heterocycles. The molecule has 1 aromatic rings. The molecular formula is C25H34N2O6. The Bertz CT molecular complexity index is 864. The largest absolute Gasteiger partial charge is 0.487 e. The van der Waals surface area contributed by atoms with Crippen molar-refractivity contribution in [1.29, 1.82) is 0 Å². The number of carbonyl (C=O) groups is 2. The Balaban J connectivity index is 1.28. The number of fused-ring (bicyclic) bond motifs is 3. The molecule has 3 saturated heterocycles. The highest BCUT2D eigenvalue weighted by molar-refractivity contribution is 5.92. The minimum absolute atomic E-state index is 0.0185. The summed E-state index contributed by atoms with van der Waals surface area (Å²) >= 11 is 0. The molecule has 4 atom stereocenters. The number of ether oxygens (including phenoxy) is 3. The number of nitrogens with one attached hydrogen (secondary N) is 1. The van der Waals surface area contributed by atoms with Crippen LogP contribution >= 0.6 is 0 Å². The minimum Gasteiger partial charge on any atom is -0.487 e. The van der Waals surface area contributed by atoms with Crippen molar-refractivity contribution in [3.8, 4) is 5.75 Å². The number of nitrogens with zero attached hydrogens (tertiary/aromatic N) is 1. The van der Waals surface area contributed by atoms with Crippen molar-refractivity contribution in [3.63, 3.8) is 0 Å². The van der Waals surface area contributed by atoms with Crippen LogP contribution in [0.2, 0.25) is 0 Å². The summed E-state index contributed by atoms with van der Waals surface area (Å²) in [4.78, 5) is 27.4. The molecule has 1 aromatic carbocycles. The third kappa shape index (κ3) is 4.88. The second-order valence-electron chi connectivity index (χ2n) is 9.68. The number of hydrogen-bond acceptors (Lipinski definition) is 6. The van der Waals surface area contributed by atoms with Gasteiger partial charge in [0.1, 0.15) is 18.0 Å². The number of carbonyl (C=O) groups excluding carboxylic acids is 2. The van der Waals surface area contributed by atoms with Crippen LogP contribution < -0.4 is 10.1 Å². The monoisotopic (exact) mass is 458 g/mol. The first-order valence-corrected chi connectivity index (χ1v) is 12.4. The second kappa shape index (κ2) is 9.99. The fourth-order valence-corrected chi connectivity index (χ4v) is 5.64. The number of piperidine rings is 1. The molecule has 0 aliphatic carbocycles. The fraction of sp³-hybridized carbons (Fsp3) is 0.680. The molecule has 5 rings (SSSR count). The lowest BCUT2D eigenvalue weighted by Crippen LogP contribution is -2.48. The van der Waals surface area contributed by atoms with Crippen LogP contribution in [-0.4, -0.2) is 73.0 Å². The Kier molecular flexibility index (Phi) is 6.85. The number of amides is 2. The van der Waals surface area contributed by atoms with Crippen LogP contribution in [0.15, 0.2) is 18.2 Å². The third-order valence-corrected chi connectivity index (χ3v) is 7.47. The van der Waals surface area contributed by atoms with E-state index >= 15 is 0 Å². The van der Waals surface area contributed by atoms with E-state index in [9.17, 15) is 14.7 Å². The van der Waals surface area contributed by atoms with E-state index in [2.05, 4.69) is 5.32 Å². The SMILES string of the molecule is O=C(Nc1ccc2c(c1)[C@H]1C[C@@H](CC(=O)N3CCCCC3)O[C@H](CO)[C@H]1O2)C1CCOCC1. The van der Waals surface area contributed by atoms with Crippen LogP contribution in [0, 0.1) is 5.92 Å². The molecule has 0 unspecified atom stereocenters. The van der Waals surface area contributed by atoms with Crippen LogP contribution in [0.4, 0.5) is 5.69 Å². The average molecular weight is 459 g/mol. The number of rotatable bonds is 5. The molecule has 3 fully saturated rings. The lowest BCUT2D eigenvalue weighted by Gasteiger charge is -2.38. The number of hydrogen-bond donors (Lipinski definition) is 2. The maximum Gasteiger partial charge on any atom is 0.227 e. The number of aliphatic hydroxyl groups excluding tert-OH is 1.